The van der Waals surface area contributed by atoms with Gasteiger partial charge < -0.3 is 16.8 Å². The molecule has 1 saturated heterocycles. The number of hydrogen-bond donors (Lipinski definition) is 3. The molecule has 1 fully saturated rings. The number of carbonyl (C=O) groups excluding carboxylic acids is 2. The number of primary amides is 1. The van der Waals surface area contributed by atoms with Crippen LogP contribution in [0.1, 0.15) is 24.0 Å². The Labute approximate surface area is 155 Å². The Hall–Kier alpha value is -1.34. The minimum atomic E-state index is -0.206. The molecule has 136 valence electrons. The standard InChI is InChI=1S/C16H24N4O2.2ClH/c17-8-15(21)19-9-12-3-1-4-13(7-12)10-20-6-2-5-14(11-20)16(18)22;;/h1,3-4,7,14H,2,5-6,8-11,17H2,(H2,18,22)(H,19,21);2*1H. The number of amides is 2. The summed E-state index contributed by atoms with van der Waals surface area (Å²) in [4.78, 5) is 24.8. The predicted molar refractivity (Wildman–Crippen MR) is 99.0 cm³/mol. The number of nitrogens with two attached hydrogens (primary N) is 2. The molecule has 0 aromatic heterocycles. The van der Waals surface area contributed by atoms with Crippen molar-refractivity contribution < 1.29 is 9.59 Å². The molecule has 8 heteroatoms. The smallest absolute Gasteiger partial charge is 0.234 e. The van der Waals surface area contributed by atoms with E-state index in [0.717, 1.165) is 38.0 Å². The zero-order valence-electron chi connectivity index (χ0n) is 13.6. The third kappa shape index (κ3) is 7.05. The second-order valence-electron chi connectivity index (χ2n) is 5.78. The molecule has 24 heavy (non-hydrogen) atoms. The molecule has 5 N–H and O–H groups in total. The highest BCUT2D eigenvalue weighted by atomic mass is 35.5. The van der Waals surface area contributed by atoms with Gasteiger partial charge in [-0.1, -0.05) is 24.3 Å². The maximum absolute atomic E-state index is 11.3. The first-order chi connectivity index (χ1) is 10.6. The number of piperidine rings is 1. The predicted octanol–water partition coefficient (Wildman–Crippen LogP) is 0.802. The molecule has 2 rings (SSSR count). The number of nitrogens with one attached hydrogen (secondary N) is 1. The van der Waals surface area contributed by atoms with Gasteiger partial charge in [-0.3, -0.25) is 14.5 Å². The number of nitrogens with zero attached hydrogens (tertiary/aromatic N) is 1. The van der Waals surface area contributed by atoms with Crippen LogP contribution in [0.4, 0.5) is 0 Å². The number of rotatable bonds is 6. The van der Waals surface area contributed by atoms with Crippen molar-refractivity contribution in [1.82, 2.24) is 10.2 Å². The molecule has 1 unspecified atom stereocenters. The summed E-state index contributed by atoms with van der Waals surface area (Å²) < 4.78 is 0. The number of hydrogen-bond acceptors (Lipinski definition) is 4. The zero-order chi connectivity index (χ0) is 15.9. The second kappa shape index (κ2) is 11.3. The molecule has 0 radical (unpaired) electrons. The van der Waals surface area contributed by atoms with Crippen molar-refractivity contribution in [1.29, 1.82) is 0 Å². The van der Waals surface area contributed by atoms with E-state index in [4.69, 9.17) is 11.5 Å². The molecule has 1 heterocycles. The zero-order valence-corrected chi connectivity index (χ0v) is 15.2. The van der Waals surface area contributed by atoms with E-state index >= 15 is 0 Å². The lowest BCUT2D eigenvalue weighted by molar-refractivity contribution is -0.123. The van der Waals surface area contributed by atoms with Crippen molar-refractivity contribution in [3.8, 4) is 0 Å². The van der Waals surface area contributed by atoms with Crippen LogP contribution in [0.2, 0.25) is 0 Å². The van der Waals surface area contributed by atoms with E-state index in [1.54, 1.807) is 0 Å². The van der Waals surface area contributed by atoms with Gasteiger partial charge in [0.2, 0.25) is 11.8 Å². The lowest BCUT2D eigenvalue weighted by atomic mass is 9.97. The molecule has 1 aliphatic heterocycles. The first-order valence-corrected chi connectivity index (χ1v) is 7.64. The van der Waals surface area contributed by atoms with Gasteiger partial charge in [0.15, 0.2) is 0 Å². The van der Waals surface area contributed by atoms with E-state index in [-0.39, 0.29) is 49.1 Å². The monoisotopic (exact) mass is 376 g/mol. The van der Waals surface area contributed by atoms with E-state index in [1.165, 1.54) is 5.56 Å². The van der Waals surface area contributed by atoms with Crippen LogP contribution in [0.3, 0.4) is 0 Å². The maximum Gasteiger partial charge on any atom is 0.234 e. The Balaban J connectivity index is 0.00000264. The SMILES string of the molecule is Cl.Cl.NCC(=O)NCc1cccc(CN2CCCC(C(N)=O)C2)c1. The normalized spacial score (nSPS) is 17.3. The van der Waals surface area contributed by atoms with Crippen molar-refractivity contribution in [3.63, 3.8) is 0 Å². The number of benzene rings is 1. The van der Waals surface area contributed by atoms with E-state index in [2.05, 4.69) is 22.3 Å². The van der Waals surface area contributed by atoms with Gasteiger partial charge in [0.05, 0.1) is 12.5 Å². The third-order valence-electron chi connectivity index (χ3n) is 3.98. The summed E-state index contributed by atoms with van der Waals surface area (Å²) >= 11 is 0. The van der Waals surface area contributed by atoms with E-state index in [0.29, 0.717) is 6.54 Å². The fourth-order valence-corrected chi connectivity index (χ4v) is 2.80. The summed E-state index contributed by atoms with van der Waals surface area (Å²) in [5.41, 5.74) is 12.9. The average molecular weight is 377 g/mol. The number of halogens is 2. The van der Waals surface area contributed by atoms with E-state index < -0.39 is 0 Å². The van der Waals surface area contributed by atoms with Crippen LogP contribution < -0.4 is 16.8 Å². The van der Waals surface area contributed by atoms with E-state index in [1.807, 2.05) is 12.1 Å². The molecular weight excluding hydrogens is 351 g/mol. The van der Waals surface area contributed by atoms with Crippen molar-refractivity contribution >= 4 is 36.6 Å². The van der Waals surface area contributed by atoms with Crippen LogP contribution in [0.15, 0.2) is 24.3 Å². The van der Waals surface area contributed by atoms with Gasteiger partial charge in [0.1, 0.15) is 0 Å². The van der Waals surface area contributed by atoms with Crippen molar-refractivity contribution in [2.75, 3.05) is 19.6 Å². The summed E-state index contributed by atoms with van der Waals surface area (Å²) in [5.74, 6) is -0.408. The Morgan fingerprint density at radius 1 is 1.25 bits per heavy atom. The van der Waals surface area contributed by atoms with Gasteiger partial charge in [0.25, 0.3) is 0 Å². The molecule has 1 aromatic carbocycles. The lowest BCUT2D eigenvalue weighted by Gasteiger charge is -2.31. The highest BCUT2D eigenvalue weighted by Gasteiger charge is 2.23. The Morgan fingerprint density at radius 2 is 1.96 bits per heavy atom. The van der Waals surface area contributed by atoms with Crippen LogP contribution in [-0.2, 0) is 22.7 Å². The summed E-state index contributed by atoms with van der Waals surface area (Å²) in [7, 11) is 0. The van der Waals surface area contributed by atoms with Crippen LogP contribution in [-0.4, -0.2) is 36.3 Å². The minimum absolute atomic E-state index is 0. The Bertz CT molecular complexity index is 543. The highest BCUT2D eigenvalue weighted by Crippen LogP contribution is 2.18. The van der Waals surface area contributed by atoms with Crippen LogP contribution in [0.5, 0.6) is 0 Å². The largest absolute Gasteiger partial charge is 0.369 e. The van der Waals surface area contributed by atoms with Crippen molar-refractivity contribution in [2.24, 2.45) is 17.4 Å². The van der Waals surface area contributed by atoms with Gasteiger partial charge in [-0.25, -0.2) is 0 Å². The summed E-state index contributed by atoms with van der Waals surface area (Å²) in [6, 6.07) is 8.09. The van der Waals surface area contributed by atoms with E-state index in [9.17, 15) is 9.59 Å². The van der Waals surface area contributed by atoms with Gasteiger partial charge in [-0.2, -0.15) is 0 Å². The van der Waals surface area contributed by atoms with Crippen LogP contribution >= 0.6 is 24.8 Å². The lowest BCUT2D eigenvalue weighted by Crippen LogP contribution is -2.40. The molecular formula is C16H26Cl2N4O2. The average Bonchev–Trinajstić information content (AvgIpc) is 2.53. The van der Waals surface area contributed by atoms with Gasteiger partial charge >= 0.3 is 0 Å². The highest BCUT2D eigenvalue weighted by molar-refractivity contribution is 5.85. The molecule has 0 bridgehead atoms. The molecule has 0 saturated carbocycles. The summed E-state index contributed by atoms with van der Waals surface area (Å²) in [6.07, 6.45) is 1.89. The molecule has 6 nitrogen and oxygen atoms in total. The van der Waals surface area contributed by atoms with Crippen LogP contribution in [0, 0.1) is 5.92 Å². The molecule has 0 spiro atoms. The quantitative estimate of drug-likeness (QED) is 0.683. The summed E-state index contributed by atoms with van der Waals surface area (Å²) in [6.45, 7) is 2.99. The molecule has 2 amide bonds. The molecule has 0 aliphatic carbocycles. The fraction of sp³-hybridized carbons (Fsp3) is 0.500. The van der Waals surface area contributed by atoms with Crippen LogP contribution in [0.25, 0.3) is 0 Å². The maximum atomic E-state index is 11.3. The first-order valence-electron chi connectivity index (χ1n) is 7.64. The first kappa shape index (κ1) is 22.7. The summed E-state index contributed by atoms with van der Waals surface area (Å²) in [5, 5.41) is 2.76. The van der Waals surface area contributed by atoms with Crippen molar-refractivity contribution in [3.05, 3.63) is 35.4 Å². The Morgan fingerprint density at radius 3 is 2.62 bits per heavy atom. The van der Waals surface area contributed by atoms with Gasteiger partial charge in [0, 0.05) is 19.6 Å². The third-order valence-corrected chi connectivity index (χ3v) is 3.98. The number of carbonyl (C=O) groups is 2. The topological polar surface area (TPSA) is 101 Å². The minimum Gasteiger partial charge on any atom is -0.369 e. The molecule has 1 atom stereocenters. The molecule has 1 aliphatic rings. The second-order valence-corrected chi connectivity index (χ2v) is 5.78. The fourth-order valence-electron chi connectivity index (χ4n) is 2.80. The Kier molecular flexibility index (Phi) is 10.6. The molecule has 1 aromatic rings. The number of likely N-dealkylation sites (tertiary alicyclic amines) is 1. The van der Waals surface area contributed by atoms with Gasteiger partial charge in [-0.15, -0.1) is 24.8 Å². The van der Waals surface area contributed by atoms with Crippen molar-refractivity contribution in [2.45, 2.75) is 25.9 Å². The van der Waals surface area contributed by atoms with Gasteiger partial charge in [-0.05, 0) is 30.5 Å².